The average molecular weight is 794 g/mol. The summed E-state index contributed by atoms with van der Waals surface area (Å²) in [5.74, 6) is -1.23. The predicted octanol–water partition coefficient (Wildman–Crippen LogP) is 4.38. The highest BCUT2D eigenvalue weighted by molar-refractivity contribution is 6.00. The Morgan fingerprint density at radius 3 is 1.31 bits per heavy atom. The molecule has 13 nitrogen and oxygen atoms in total. The number of likely N-dealkylation sites (N-methyl/N-ethyl adjacent to an activating group) is 1. The van der Waals surface area contributed by atoms with Crippen molar-refractivity contribution in [1.82, 2.24) is 4.90 Å². The zero-order chi connectivity index (χ0) is 40.3. The van der Waals surface area contributed by atoms with Gasteiger partial charge in [0.05, 0.1) is 22.6 Å². The van der Waals surface area contributed by atoms with Crippen LogP contribution in [0.5, 0.6) is 0 Å². The molecule has 0 bridgehead atoms. The van der Waals surface area contributed by atoms with E-state index in [2.05, 4.69) is 10.3 Å². The van der Waals surface area contributed by atoms with Crippen LogP contribution in [-0.2, 0) is 36.3 Å². The van der Waals surface area contributed by atoms with Crippen LogP contribution in [0.2, 0.25) is 0 Å². The Balaban J connectivity index is 0. The van der Waals surface area contributed by atoms with E-state index < -0.39 is 29.4 Å². The Morgan fingerprint density at radius 1 is 0.722 bits per heavy atom. The van der Waals surface area contributed by atoms with Gasteiger partial charge < -0.3 is 46.4 Å². The molecule has 304 valence electrons. The van der Waals surface area contributed by atoms with Gasteiger partial charge in [0.1, 0.15) is 19.8 Å². The second-order valence-electron chi connectivity index (χ2n) is 11.0. The minimum atomic E-state index is -4.34. The van der Waals surface area contributed by atoms with Crippen molar-refractivity contribution in [3.63, 3.8) is 0 Å². The standard InChI is InChI=1S/2C15H21F3N2O2.C4H9N3O2.Mg.2H/c2*1-21-10-3-2-4-14(20-22-11-9-19)12-5-7-13(8-6-12)15(16,17)18;1-7(4(5)6)2-3(8)9;;;/h2*5-8H,2-4,9-11,19H2,1H3;2H2,1H3,(H3,5,6)(H,8,9);;;/b2*20-14+;;;;. The van der Waals surface area contributed by atoms with Crippen molar-refractivity contribution in [2.75, 3.05) is 67.3 Å². The molecule has 0 aliphatic carbocycles. The van der Waals surface area contributed by atoms with Gasteiger partial charge in [0.2, 0.25) is 0 Å². The van der Waals surface area contributed by atoms with Crippen molar-refractivity contribution in [1.29, 1.82) is 5.41 Å². The summed E-state index contributed by atoms with van der Waals surface area (Å²) in [6, 6.07) is 9.80. The van der Waals surface area contributed by atoms with Gasteiger partial charge in [0.15, 0.2) is 5.96 Å². The van der Waals surface area contributed by atoms with Gasteiger partial charge in [-0.05, 0) is 73.9 Å². The van der Waals surface area contributed by atoms with E-state index in [1.54, 1.807) is 14.2 Å². The fourth-order valence-corrected chi connectivity index (χ4v) is 3.91. The predicted molar refractivity (Wildman–Crippen MR) is 198 cm³/mol. The molecule has 54 heavy (non-hydrogen) atoms. The van der Waals surface area contributed by atoms with E-state index in [-0.39, 0.29) is 48.8 Å². The van der Waals surface area contributed by atoms with Crippen LogP contribution in [0, 0.1) is 5.41 Å². The van der Waals surface area contributed by atoms with Gasteiger partial charge >= 0.3 is 41.4 Å². The fraction of sp³-hybridized carbons (Fsp3) is 0.529. The summed E-state index contributed by atoms with van der Waals surface area (Å²) in [5, 5.41) is 22.8. The lowest BCUT2D eigenvalue weighted by Gasteiger charge is -2.12. The number of methoxy groups -OCH3 is 2. The molecule has 8 N–H and O–H groups in total. The minimum absolute atomic E-state index is 0. The van der Waals surface area contributed by atoms with Crippen molar-refractivity contribution in [3.8, 4) is 0 Å². The summed E-state index contributed by atoms with van der Waals surface area (Å²) >= 11 is 0. The molecule has 0 aromatic heterocycles. The van der Waals surface area contributed by atoms with Crippen LogP contribution in [0.4, 0.5) is 26.3 Å². The molecule has 2 rings (SSSR count). The number of nitrogens with zero attached hydrogens (tertiary/aromatic N) is 3. The van der Waals surface area contributed by atoms with Crippen LogP contribution >= 0.6 is 0 Å². The maximum atomic E-state index is 12.6. The van der Waals surface area contributed by atoms with Gasteiger partial charge in [-0.3, -0.25) is 10.2 Å². The quantitative estimate of drug-likeness (QED) is 0.0320. The number of aliphatic carboxylic acids is 1. The number of halogens is 6. The molecule has 0 amide bonds. The number of benzene rings is 2. The Kier molecular flexibility index (Phi) is 28.8. The number of carboxylic acid groups (broad SMARTS) is 1. The Bertz CT molecular complexity index is 1280. The Hall–Kier alpha value is -3.69. The number of rotatable bonds is 20. The second-order valence-corrected chi connectivity index (χ2v) is 11.0. The lowest BCUT2D eigenvalue weighted by atomic mass is 10.0. The monoisotopic (exact) mass is 793 g/mol. The number of hydrogen-bond donors (Lipinski definition) is 5. The highest BCUT2D eigenvalue weighted by atomic mass is 24.3. The van der Waals surface area contributed by atoms with Crippen molar-refractivity contribution in [3.05, 3.63) is 70.8 Å². The lowest BCUT2D eigenvalue weighted by molar-refractivity contribution is -0.138. The van der Waals surface area contributed by atoms with Crippen LogP contribution in [0.15, 0.2) is 58.8 Å². The third-order valence-electron chi connectivity index (χ3n) is 6.67. The van der Waals surface area contributed by atoms with E-state index in [0.717, 1.165) is 54.8 Å². The molecule has 0 aliphatic heterocycles. The van der Waals surface area contributed by atoms with Crippen molar-refractivity contribution in [2.24, 2.45) is 27.5 Å². The molecule has 0 radical (unpaired) electrons. The van der Waals surface area contributed by atoms with E-state index in [9.17, 15) is 31.1 Å². The number of hydrogen-bond acceptors (Lipinski definition) is 10. The number of carbonyl (C=O) groups is 1. The average Bonchev–Trinajstić information content (AvgIpc) is 3.10. The number of ether oxygens (including phenoxy) is 2. The number of alkyl halides is 6. The fourth-order valence-electron chi connectivity index (χ4n) is 3.91. The summed E-state index contributed by atoms with van der Waals surface area (Å²) in [5.41, 5.74) is 16.7. The Morgan fingerprint density at radius 2 is 1.07 bits per heavy atom. The number of oxime groups is 2. The van der Waals surface area contributed by atoms with Crippen LogP contribution in [0.25, 0.3) is 0 Å². The first kappa shape index (κ1) is 52.4. The van der Waals surface area contributed by atoms with Gasteiger partial charge in [-0.2, -0.15) is 26.3 Å². The Labute approximate surface area is 327 Å². The van der Waals surface area contributed by atoms with E-state index in [1.165, 1.54) is 31.3 Å². The van der Waals surface area contributed by atoms with Gasteiger partial charge in [-0.1, -0.05) is 34.6 Å². The maximum Gasteiger partial charge on any atom is 0.416 e. The first-order valence-corrected chi connectivity index (χ1v) is 16.4. The summed E-state index contributed by atoms with van der Waals surface area (Å²) < 4.78 is 85.4. The topological polar surface area (TPSA) is 204 Å². The molecule has 0 spiro atoms. The molecule has 0 heterocycles. The van der Waals surface area contributed by atoms with Gasteiger partial charge in [0.25, 0.3) is 0 Å². The zero-order valence-electron chi connectivity index (χ0n) is 30.1. The van der Waals surface area contributed by atoms with Crippen molar-refractivity contribution < 1.29 is 55.4 Å². The van der Waals surface area contributed by atoms with E-state index in [4.69, 9.17) is 46.9 Å². The van der Waals surface area contributed by atoms with E-state index in [0.29, 0.717) is 61.7 Å². The molecule has 0 unspecified atom stereocenters. The van der Waals surface area contributed by atoms with E-state index in [1.807, 2.05) is 0 Å². The summed E-state index contributed by atoms with van der Waals surface area (Å²) in [6.45, 7) is 2.22. The normalized spacial score (nSPS) is 11.6. The van der Waals surface area contributed by atoms with E-state index >= 15 is 0 Å². The number of nitrogens with two attached hydrogens (primary N) is 3. The maximum absolute atomic E-state index is 12.6. The molecule has 0 aliphatic rings. The number of unbranched alkanes of at least 4 members (excludes halogenated alkanes) is 2. The number of carboxylic acids is 1. The zero-order valence-corrected chi connectivity index (χ0v) is 30.1. The number of nitrogens with one attached hydrogen (secondary N) is 1. The van der Waals surface area contributed by atoms with Crippen LogP contribution < -0.4 is 17.2 Å². The summed E-state index contributed by atoms with van der Waals surface area (Å²) in [7, 11) is 4.68. The molecule has 0 atom stereocenters. The first-order chi connectivity index (χ1) is 25.0. The highest BCUT2D eigenvalue weighted by Gasteiger charge is 2.31. The van der Waals surface area contributed by atoms with Gasteiger partial charge in [-0.25, -0.2) is 0 Å². The van der Waals surface area contributed by atoms with Crippen molar-refractivity contribution in [2.45, 2.75) is 50.9 Å². The van der Waals surface area contributed by atoms with Crippen LogP contribution in [0.3, 0.4) is 0 Å². The molecule has 0 saturated carbocycles. The van der Waals surface area contributed by atoms with Crippen LogP contribution in [-0.4, -0.2) is 124 Å². The first-order valence-electron chi connectivity index (χ1n) is 16.4. The second kappa shape index (κ2) is 29.6. The minimum Gasteiger partial charge on any atom is -0.480 e. The SMILES string of the molecule is CN(CC(=O)O)C(=N)N.COCCCC/C(=N\OCCN)c1ccc(C(F)(F)F)cc1.COCCCC/C(=N\OCCN)c1ccc(C(F)(F)F)cc1.[MgH2]. The number of guanidine groups is 1. The smallest absolute Gasteiger partial charge is 0.416 e. The summed E-state index contributed by atoms with van der Waals surface area (Å²) in [6.07, 6.45) is -4.20. The third kappa shape index (κ3) is 24.6. The highest BCUT2D eigenvalue weighted by Crippen LogP contribution is 2.30. The molecule has 0 saturated heterocycles. The summed E-state index contributed by atoms with van der Waals surface area (Å²) in [4.78, 5) is 21.2. The third-order valence-corrected chi connectivity index (χ3v) is 6.67. The molecular weight excluding hydrogens is 741 g/mol. The van der Waals surface area contributed by atoms with Crippen LogP contribution in [0.1, 0.15) is 60.8 Å². The molecule has 2 aromatic carbocycles. The lowest BCUT2D eigenvalue weighted by Crippen LogP contribution is -2.36. The molecule has 0 fully saturated rings. The molecular formula is C34H53F6MgN7O6. The van der Waals surface area contributed by atoms with Gasteiger partial charge in [-0.15, -0.1) is 0 Å². The van der Waals surface area contributed by atoms with Gasteiger partial charge in [0, 0.05) is 47.6 Å². The largest absolute Gasteiger partial charge is 0.480 e. The van der Waals surface area contributed by atoms with Crippen molar-refractivity contribution >= 4 is 46.4 Å². The molecule has 2 aromatic rings. The molecule has 20 heteroatoms.